The minimum Gasteiger partial charge on any atom is -0.413 e. The maximum Gasteiger partial charge on any atom is 0.471 e. The Hall–Kier alpha value is -6.32. The lowest BCUT2D eigenvalue weighted by Crippen LogP contribution is -2.39. The normalized spacial score (nSPS) is 11.2. The van der Waals surface area contributed by atoms with Gasteiger partial charge in [-0.05, 0) is 47.5 Å². The maximum atomic E-state index is 12.5. The number of alkyl halides is 6. The van der Waals surface area contributed by atoms with Crippen LogP contribution in [0, 0.1) is 0 Å². The molecule has 0 unspecified atom stereocenters. The molecule has 0 saturated carbocycles. The van der Waals surface area contributed by atoms with Crippen molar-refractivity contribution < 1.29 is 49.9 Å². The summed E-state index contributed by atoms with van der Waals surface area (Å²) in [6.07, 6.45) is -9.71. The maximum absolute atomic E-state index is 12.5. The van der Waals surface area contributed by atoms with Gasteiger partial charge in [0.1, 0.15) is 0 Å². The highest BCUT2D eigenvalue weighted by Gasteiger charge is 2.39. The summed E-state index contributed by atoms with van der Waals surface area (Å²) in [4.78, 5) is 49.6. The molecule has 0 bridgehead atoms. The van der Waals surface area contributed by atoms with E-state index in [1.807, 2.05) is 48.5 Å². The molecule has 0 radical (unpaired) electrons. The second kappa shape index (κ2) is 17.3. The van der Waals surface area contributed by atoms with E-state index >= 15 is 0 Å². The van der Waals surface area contributed by atoms with Crippen LogP contribution >= 0.6 is 0 Å². The van der Waals surface area contributed by atoms with Gasteiger partial charge in [-0.15, -0.1) is 10.2 Å². The number of ketones is 1. The molecule has 10 nitrogen and oxygen atoms in total. The van der Waals surface area contributed by atoms with Crippen LogP contribution in [0.5, 0.6) is 0 Å². The van der Waals surface area contributed by atoms with E-state index in [0.717, 1.165) is 22.5 Å². The van der Waals surface area contributed by atoms with E-state index < -0.39 is 36.5 Å². The lowest BCUT2D eigenvalue weighted by molar-refractivity contribution is -0.173. The number of carbonyl (C=O) groups excluding carboxylic acids is 4. The van der Waals surface area contributed by atoms with E-state index in [1.165, 1.54) is 31.3 Å². The second-order valence-electron chi connectivity index (χ2n) is 11.3. The van der Waals surface area contributed by atoms with Gasteiger partial charge >= 0.3 is 24.2 Å². The highest BCUT2D eigenvalue weighted by atomic mass is 19.4. The summed E-state index contributed by atoms with van der Waals surface area (Å²) < 4.78 is 78.6. The van der Waals surface area contributed by atoms with Gasteiger partial charge in [0.2, 0.25) is 17.7 Å². The number of carbonyl (C=O) groups is 4. The van der Waals surface area contributed by atoms with Gasteiger partial charge in [0.15, 0.2) is 5.78 Å². The minimum atomic E-state index is -5.03. The smallest absolute Gasteiger partial charge is 0.413 e. The summed E-state index contributed by atoms with van der Waals surface area (Å²) >= 11 is 0. The van der Waals surface area contributed by atoms with Gasteiger partial charge in [0, 0.05) is 36.3 Å². The van der Waals surface area contributed by atoms with Crippen LogP contribution in [0.2, 0.25) is 0 Å². The fourth-order valence-electron chi connectivity index (χ4n) is 4.72. The molecule has 1 aromatic heterocycles. The van der Waals surface area contributed by atoms with Gasteiger partial charge in [0.25, 0.3) is 0 Å². The Morgan fingerprint density at radius 1 is 0.642 bits per heavy atom. The molecule has 0 aliphatic heterocycles. The molecule has 0 saturated heterocycles. The molecule has 0 spiro atoms. The van der Waals surface area contributed by atoms with Gasteiger partial charge in [-0.3, -0.25) is 19.2 Å². The summed E-state index contributed by atoms with van der Waals surface area (Å²) in [6.45, 7) is 2.77. The zero-order valence-corrected chi connectivity index (χ0v) is 28.1. The Balaban J connectivity index is 0.000000237. The van der Waals surface area contributed by atoms with Crippen molar-refractivity contribution in [3.8, 4) is 11.5 Å². The van der Waals surface area contributed by atoms with Gasteiger partial charge < -0.3 is 19.5 Å². The molecule has 1 heterocycles. The molecule has 0 fully saturated rings. The summed E-state index contributed by atoms with van der Waals surface area (Å²) in [5, 5.41) is 7.96. The van der Waals surface area contributed by atoms with Crippen LogP contribution in [0.4, 0.5) is 37.7 Å². The number of halogens is 6. The van der Waals surface area contributed by atoms with Crippen LogP contribution in [0.1, 0.15) is 41.2 Å². The van der Waals surface area contributed by atoms with Crippen LogP contribution in [-0.4, -0.2) is 46.4 Å². The SMILES string of the molecule is CC(=O)N(Cc1ccc(-c2nnc(C(F)(F)F)o2)cc1)c1ccccc1.CC(=O)N(Cc1ccc(C(=O)CNC(=O)C(F)(F)F)cc1)c1ccccc1. The monoisotopic (exact) mass is 739 g/mol. The molecule has 0 aliphatic carbocycles. The number of hydrogen-bond donors (Lipinski definition) is 1. The van der Waals surface area contributed by atoms with Gasteiger partial charge in [0.05, 0.1) is 19.6 Å². The zero-order chi connectivity index (χ0) is 38.8. The van der Waals surface area contributed by atoms with Gasteiger partial charge in [-0.2, -0.15) is 26.3 Å². The Bertz CT molecular complexity index is 2000. The summed E-state index contributed by atoms with van der Waals surface area (Å²) in [5.41, 5.74) is 3.56. The molecule has 1 N–H and O–H groups in total. The molecule has 16 heteroatoms. The second-order valence-corrected chi connectivity index (χ2v) is 11.3. The first-order valence-corrected chi connectivity index (χ1v) is 15.7. The van der Waals surface area contributed by atoms with Crippen molar-refractivity contribution in [3.63, 3.8) is 0 Å². The summed E-state index contributed by atoms with van der Waals surface area (Å²) in [7, 11) is 0. The number of nitrogens with one attached hydrogen (secondary N) is 1. The van der Waals surface area contributed by atoms with E-state index in [4.69, 9.17) is 0 Å². The first-order chi connectivity index (χ1) is 25.0. The van der Waals surface area contributed by atoms with Crippen molar-refractivity contribution in [1.82, 2.24) is 15.5 Å². The molecular formula is C37H31F6N5O5. The van der Waals surface area contributed by atoms with Crippen molar-refractivity contribution in [2.75, 3.05) is 16.3 Å². The van der Waals surface area contributed by atoms with Crippen LogP contribution in [-0.2, 0) is 33.6 Å². The molecule has 53 heavy (non-hydrogen) atoms. The summed E-state index contributed by atoms with van der Waals surface area (Å²) in [5.74, 6) is -4.68. The average molecular weight is 740 g/mol. The molecule has 5 rings (SSSR count). The van der Waals surface area contributed by atoms with Crippen LogP contribution < -0.4 is 15.1 Å². The van der Waals surface area contributed by atoms with E-state index in [1.54, 1.807) is 58.3 Å². The van der Waals surface area contributed by atoms with Crippen LogP contribution in [0.3, 0.4) is 0 Å². The number of amides is 3. The standard InChI is InChI=1S/C19H17F3N2O3.C18H14F3N3O2/c1-13(25)24(16-5-3-2-4-6-16)12-14-7-9-15(10-8-14)17(26)11-23-18(27)19(20,21)22;1-12(25)24(15-5-3-2-4-6-15)11-13-7-9-14(10-8-13)16-22-23-17(26-16)18(19,20)21/h2-10H,11-12H2,1H3,(H,23,27);2-10H,11H2,1H3. The van der Waals surface area contributed by atoms with Crippen LogP contribution in [0.25, 0.3) is 11.5 Å². The molecule has 276 valence electrons. The zero-order valence-electron chi connectivity index (χ0n) is 28.1. The van der Waals surface area contributed by atoms with Crippen molar-refractivity contribution in [1.29, 1.82) is 0 Å². The number of para-hydroxylation sites is 2. The quantitative estimate of drug-likeness (QED) is 0.117. The number of benzene rings is 4. The predicted octanol–water partition coefficient (Wildman–Crippen LogP) is 7.41. The number of aromatic nitrogens is 2. The van der Waals surface area contributed by atoms with E-state index in [-0.39, 0.29) is 29.8 Å². The highest BCUT2D eigenvalue weighted by Crippen LogP contribution is 2.30. The third-order valence-corrected chi connectivity index (χ3v) is 7.39. The Morgan fingerprint density at radius 2 is 1.09 bits per heavy atom. The van der Waals surface area contributed by atoms with E-state index in [2.05, 4.69) is 14.6 Å². The third-order valence-electron chi connectivity index (χ3n) is 7.39. The molecule has 5 aromatic rings. The Labute approximate surface area is 299 Å². The molecule has 0 aliphatic rings. The van der Waals surface area contributed by atoms with Crippen molar-refractivity contribution in [2.45, 2.75) is 39.3 Å². The van der Waals surface area contributed by atoms with Crippen LogP contribution in [0.15, 0.2) is 114 Å². The van der Waals surface area contributed by atoms with E-state index in [9.17, 15) is 45.5 Å². The number of hydrogen-bond acceptors (Lipinski definition) is 7. The molecule has 3 amide bonds. The topological polar surface area (TPSA) is 126 Å². The Morgan fingerprint density at radius 3 is 1.49 bits per heavy atom. The molecule has 4 aromatic carbocycles. The third kappa shape index (κ3) is 11.3. The number of nitrogens with zero attached hydrogens (tertiary/aromatic N) is 4. The summed E-state index contributed by atoms with van der Waals surface area (Å²) in [6, 6.07) is 30.9. The number of Topliss-reactive ketones (excluding diaryl/α,β-unsaturated/α-hetero) is 1. The lowest BCUT2D eigenvalue weighted by Gasteiger charge is -2.21. The average Bonchev–Trinajstić information content (AvgIpc) is 3.64. The first kappa shape index (κ1) is 39.5. The largest absolute Gasteiger partial charge is 0.471 e. The highest BCUT2D eigenvalue weighted by molar-refractivity contribution is 6.00. The number of anilines is 2. The molecule has 0 atom stereocenters. The fourth-order valence-corrected chi connectivity index (χ4v) is 4.72. The van der Waals surface area contributed by atoms with Gasteiger partial charge in [-0.1, -0.05) is 72.8 Å². The fraction of sp³-hybridized carbons (Fsp3) is 0.189. The molecular weight excluding hydrogens is 708 g/mol. The van der Waals surface area contributed by atoms with Crippen molar-refractivity contribution in [3.05, 3.63) is 132 Å². The van der Waals surface area contributed by atoms with Gasteiger partial charge in [-0.25, -0.2) is 0 Å². The number of rotatable bonds is 10. The van der Waals surface area contributed by atoms with Crippen molar-refractivity contribution >= 4 is 34.9 Å². The minimum absolute atomic E-state index is 0.119. The first-order valence-electron chi connectivity index (χ1n) is 15.7. The Kier molecular flexibility index (Phi) is 12.9. The van der Waals surface area contributed by atoms with E-state index in [0.29, 0.717) is 12.1 Å². The van der Waals surface area contributed by atoms with Crippen molar-refractivity contribution in [2.24, 2.45) is 0 Å². The predicted molar refractivity (Wildman–Crippen MR) is 181 cm³/mol. The lowest BCUT2D eigenvalue weighted by atomic mass is 10.1.